The average molecular weight is 398 g/mol. The summed E-state index contributed by atoms with van der Waals surface area (Å²) in [6.07, 6.45) is 0. The Bertz CT molecular complexity index is 916. The van der Waals surface area contributed by atoms with E-state index in [0.717, 1.165) is 11.3 Å². The summed E-state index contributed by atoms with van der Waals surface area (Å²) in [5.74, 6) is 0.709. The van der Waals surface area contributed by atoms with Crippen LogP contribution in [0.25, 0.3) is 5.69 Å². The summed E-state index contributed by atoms with van der Waals surface area (Å²) in [7, 11) is 1.60. The Morgan fingerprint density at radius 1 is 1.18 bits per heavy atom. The molecule has 0 aliphatic rings. The van der Waals surface area contributed by atoms with E-state index in [1.165, 1.54) is 11.8 Å². The topological polar surface area (TPSA) is 73.1 Å². The first-order chi connectivity index (χ1) is 13.6. The number of hydrogen-bond donors (Lipinski definition) is 0. The number of methoxy groups -OCH3 is 1. The molecular weight excluding hydrogens is 374 g/mol. The van der Waals surface area contributed by atoms with Gasteiger partial charge in [0.2, 0.25) is 11.1 Å². The largest absolute Gasteiger partial charge is 0.494 e. The van der Waals surface area contributed by atoms with E-state index in [-0.39, 0.29) is 11.2 Å². The number of rotatable bonds is 8. The fourth-order valence-corrected chi connectivity index (χ4v) is 3.71. The number of carbonyl (C=O) groups excluding carboxylic acids is 1. The number of nitrogens with zero attached hydrogens (tertiary/aromatic N) is 5. The van der Waals surface area contributed by atoms with E-state index in [9.17, 15) is 4.79 Å². The van der Waals surface area contributed by atoms with Gasteiger partial charge >= 0.3 is 0 Å². The fraction of sp³-hybridized carbons (Fsp3) is 0.300. The highest BCUT2D eigenvalue weighted by molar-refractivity contribution is 8.00. The smallest absolute Gasteiger partial charge is 0.236 e. The van der Waals surface area contributed by atoms with Crippen LogP contribution in [-0.2, 0) is 11.3 Å². The first-order valence-electron chi connectivity index (χ1n) is 9.05. The van der Waals surface area contributed by atoms with Crippen LogP contribution in [0, 0.1) is 0 Å². The quantitative estimate of drug-likeness (QED) is 0.544. The molecule has 0 aliphatic heterocycles. The van der Waals surface area contributed by atoms with Crippen molar-refractivity contribution >= 4 is 17.7 Å². The molecule has 0 saturated carbocycles. The molecule has 0 bridgehead atoms. The summed E-state index contributed by atoms with van der Waals surface area (Å²) < 4.78 is 7.00. The van der Waals surface area contributed by atoms with Crippen LogP contribution in [0.4, 0.5) is 0 Å². The van der Waals surface area contributed by atoms with Crippen LogP contribution in [0.1, 0.15) is 19.4 Å². The Hall–Kier alpha value is -2.87. The van der Waals surface area contributed by atoms with Crippen LogP contribution in [0.2, 0.25) is 0 Å². The van der Waals surface area contributed by atoms with E-state index in [4.69, 9.17) is 4.74 Å². The average Bonchev–Trinajstić information content (AvgIpc) is 3.20. The standard InChI is InChI=1S/C20H23N5O2S/c1-4-24(14-16-10-6-5-7-11-16)19(26)15(2)28-20-21-22-23-25(20)17-12-8-9-13-18(17)27-3/h5-13,15H,4,14H2,1-3H3. The molecule has 2 aromatic carbocycles. The molecule has 0 fully saturated rings. The minimum Gasteiger partial charge on any atom is -0.494 e. The van der Waals surface area contributed by atoms with Gasteiger partial charge in [-0.3, -0.25) is 4.79 Å². The number of thioether (sulfide) groups is 1. The van der Waals surface area contributed by atoms with Gasteiger partial charge in [-0.05, 0) is 42.0 Å². The Labute approximate surface area is 168 Å². The van der Waals surface area contributed by atoms with Crippen molar-refractivity contribution in [2.45, 2.75) is 30.8 Å². The zero-order valence-corrected chi connectivity index (χ0v) is 17.0. The van der Waals surface area contributed by atoms with Crippen LogP contribution in [-0.4, -0.2) is 49.9 Å². The normalized spacial score (nSPS) is 11.8. The van der Waals surface area contributed by atoms with Crippen molar-refractivity contribution in [1.82, 2.24) is 25.1 Å². The van der Waals surface area contributed by atoms with Crippen LogP contribution in [0.15, 0.2) is 59.8 Å². The van der Waals surface area contributed by atoms with Gasteiger partial charge in [0, 0.05) is 13.1 Å². The van der Waals surface area contributed by atoms with Crippen LogP contribution in [0.3, 0.4) is 0 Å². The van der Waals surface area contributed by atoms with Gasteiger partial charge in [0.05, 0.1) is 12.4 Å². The molecule has 0 radical (unpaired) electrons. The van der Waals surface area contributed by atoms with E-state index in [1.54, 1.807) is 11.8 Å². The number of tetrazole rings is 1. The van der Waals surface area contributed by atoms with Gasteiger partial charge in [-0.15, -0.1) is 5.10 Å². The second kappa shape index (κ2) is 9.36. The molecule has 0 N–H and O–H groups in total. The Balaban J connectivity index is 1.75. The molecule has 1 amide bonds. The highest BCUT2D eigenvalue weighted by Crippen LogP contribution is 2.28. The second-order valence-electron chi connectivity index (χ2n) is 6.14. The highest BCUT2D eigenvalue weighted by Gasteiger charge is 2.24. The number of ether oxygens (including phenoxy) is 1. The van der Waals surface area contributed by atoms with Gasteiger partial charge in [-0.2, -0.15) is 4.68 Å². The summed E-state index contributed by atoms with van der Waals surface area (Å²) in [5, 5.41) is 12.2. The van der Waals surface area contributed by atoms with E-state index in [1.807, 2.05) is 73.3 Å². The molecule has 146 valence electrons. The maximum Gasteiger partial charge on any atom is 0.236 e. The van der Waals surface area contributed by atoms with Crippen molar-refractivity contribution < 1.29 is 9.53 Å². The molecule has 1 atom stereocenters. The van der Waals surface area contributed by atoms with Gasteiger partial charge in [0.25, 0.3) is 0 Å². The summed E-state index contributed by atoms with van der Waals surface area (Å²) in [4.78, 5) is 14.8. The SMILES string of the molecule is CCN(Cc1ccccc1)C(=O)C(C)Sc1nnnn1-c1ccccc1OC. The maximum atomic E-state index is 13.0. The third-order valence-electron chi connectivity index (χ3n) is 4.29. The van der Waals surface area contributed by atoms with E-state index < -0.39 is 0 Å². The Morgan fingerprint density at radius 3 is 2.61 bits per heavy atom. The monoisotopic (exact) mass is 397 g/mol. The third kappa shape index (κ3) is 4.51. The Kier molecular flexibility index (Phi) is 6.65. The molecule has 1 heterocycles. The summed E-state index contributed by atoms with van der Waals surface area (Å²) in [6.45, 7) is 5.08. The molecular formula is C20H23N5O2S. The molecule has 8 heteroatoms. The molecule has 0 aliphatic carbocycles. The van der Waals surface area contributed by atoms with Crippen LogP contribution in [0.5, 0.6) is 5.75 Å². The first kappa shape index (κ1) is 19.9. The molecule has 3 rings (SSSR count). The maximum absolute atomic E-state index is 13.0. The molecule has 3 aromatic rings. The molecule has 0 saturated heterocycles. The van der Waals surface area contributed by atoms with Crippen molar-refractivity contribution in [3.8, 4) is 11.4 Å². The second-order valence-corrected chi connectivity index (χ2v) is 7.45. The summed E-state index contributed by atoms with van der Waals surface area (Å²) in [5.41, 5.74) is 1.84. The Morgan fingerprint density at radius 2 is 1.89 bits per heavy atom. The lowest BCUT2D eigenvalue weighted by Gasteiger charge is -2.24. The third-order valence-corrected chi connectivity index (χ3v) is 5.31. The van der Waals surface area contributed by atoms with Crippen molar-refractivity contribution in [3.05, 3.63) is 60.2 Å². The lowest BCUT2D eigenvalue weighted by Crippen LogP contribution is -2.36. The van der Waals surface area contributed by atoms with Gasteiger partial charge < -0.3 is 9.64 Å². The highest BCUT2D eigenvalue weighted by atomic mass is 32.2. The van der Waals surface area contributed by atoms with Crippen molar-refractivity contribution in [3.63, 3.8) is 0 Å². The van der Waals surface area contributed by atoms with Crippen molar-refractivity contribution in [1.29, 1.82) is 0 Å². The van der Waals surface area contributed by atoms with Gasteiger partial charge in [0.15, 0.2) is 0 Å². The van der Waals surface area contributed by atoms with Gasteiger partial charge in [-0.25, -0.2) is 0 Å². The van der Waals surface area contributed by atoms with Gasteiger partial charge in [-0.1, -0.05) is 54.2 Å². The lowest BCUT2D eigenvalue weighted by molar-refractivity contribution is -0.130. The zero-order valence-electron chi connectivity index (χ0n) is 16.1. The molecule has 0 spiro atoms. The zero-order chi connectivity index (χ0) is 19.9. The number of para-hydroxylation sites is 2. The summed E-state index contributed by atoms with van der Waals surface area (Å²) >= 11 is 1.33. The molecule has 1 aromatic heterocycles. The van der Waals surface area contributed by atoms with E-state index in [2.05, 4.69) is 15.5 Å². The molecule has 7 nitrogen and oxygen atoms in total. The minimum absolute atomic E-state index is 0.0472. The fourth-order valence-electron chi connectivity index (χ4n) is 2.82. The summed E-state index contributed by atoms with van der Waals surface area (Å²) in [6, 6.07) is 17.5. The number of benzene rings is 2. The number of amides is 1. The van der Waals surface area contributed by atoms with Gasteiger partial charge in [0.1, 0.15) is 11.4 Å². The molecule has 28 heavy (non-hydrogen) atoms. The van der Waals surface area contributed by atoms with Crippen LogP contribution < -0.4 is 4.74 Å². The van der Waals surface area contributed by atoms with Crippen molar-refractivity contribution in [2.24, 2.45) is 0 Å². The number of aromatic nitrogens is 4. The predicted octanol–water partition coefficient (Wildman–Crippen LogP) is 3.20. The van der Waals surface area contributed by atoms with Crippen LogP contribution >= 0.6 is 11.8 Å². The minimum atomic E-state index is -0.330. The van der Waals surface area contributed by atoms with E-state index in [0.29, 0.717) is 24.0 Å². The predicted molar refractivity (Wildman–Crippen MR) is 109 cm³/mol. The van der Waals surface area contributed by atoms with E-state index >= 15 is 0 Å². The number of hydrogen-bond acceptors (Lipinski definition) is 6. The molecule has 1 unspecified atom stereocenters. The van der Waals surface area contributed by atoms with Crippen molar-refractivity contribution in [2.75, 3.05) is 13.7 Å². The first-order valence-corrected chi connectivity index (χ1v) is 9.93. The lowest BCUT2D eigenvalue weighted by atomic mass is 10.2. The number of carbonyl (C=O) groups is 1.